The first-order valence-corrected chi connectivity index (χ1v) is 9.82. The minimum atomic E-state index is -0.279. The van der Waals surface area contributed by atoms with E-state index >= 15 is 0 Å². The van der Waals surface area contributed by atoms with Crippen molar-refractivity contribution in [1.82, 2.24) is 24.6 Å². The normalized spacial score (nSPS) is 14.3. The number of aromatic nitrogens is 4. The van der Waals surface area contributed by atoms with Crippen LogP contribution in [0.4, 0.5) is 22.2 Å². The highest BCUT2D eigenvalue weighted by Crippen LogP contribution is 2.27. The molecule has 2 aromatic heterocycles. The van der Waals surface area contributed by atoms with Gasteiger partial charge in [-0.15, -0.1) is 0 Å². The molecule has 9 nitrogen and oxygen atoms in total. The number of nitrogens with zero attached hydrogens (tertiary/aromatic N) is 6. The van der Waals surface area contributed by atoms with E-state index in [1.807, 2.05) is 31.3 Å². The van der Waals surface area contributed by atoms with Gasteiger partial charge in [0.2, 0.25) is 5.95 Å². The quantitative estimate of drug-likeness (QED) is 0.700. The number of ether oxygens (including phenoxy) is 1. The maximum atomic E-state index is 11.9. The molecule has 1 N–H and O–H groups in total. The zero-order chi connectivity index (χ0) is 20.4. The van der Waals surface area contributed by atoms with E-state index in [0.29, 0.717) is 49.6 Å². The van der Waals surface area contributed by atoms with Crippen LogP contribution >= 0.6 is 11.6 Å². The lowest BCUT2D eigenvalue weighted by Crippen LogP contribution is -2.49. The number of anilines is 3. The molecule has 0 unspecified atom stereocenters. The number of benzene rings is 1. The van der Waals surface area contributed by atoms with Crippen molar-refractivity contribution in [2.24, 2.45) is 7.05 Å². The molecule has 1 saturated heterocycles. The summed E-state index contributed by atoms with van der Waals surface area (Å²) in [5, 5.41) is 9.10. The van der Waals surface area contributed by atoms with Gasteiger partial charge >= 0.3 is 6.09 Å². The maximum absolute atomic E-state index is 11.9. The lowest BCUT2D eigenvalue weighted by Gasteiger charge is -2.34. The Hall–Kier alpha value is -3.07. The number of fused-ring (bicyclic) bond motifs is 1. The molecule has 0 aliphatic carbocycles. The third-order valence-corrected chi connectivity index (χ3v) is 4.99. The van der Waals surface area contributed by atoms with Gasteiger partial charge in [0.15, 0.2) is 5.65 Å². The minimum Gasteiger partial charge on any atom is -0.450 e. The highest BCUT2D eigenvalue weighted by Gasteiger charge is 2.24. The fraction of sp³-hybridized carbons (Fsp3) is 0.368. The molecule has 1 aromatic carbocycles. The highest BCUT2D eigenvalue weighted by molar-refractivity contribution is 6.30. The monoisotopic (exact) mass is 415 g/mol. The molecule has 1 aliphatic rings. The number of carbonyl (C=O) groups excluding carboxylic acids is 1. The van der Waals surface area contributed by atoms with Crippen LogP contribution in [0.1, 0.15) is 6.92 Å². The van der Waals surface area contributed by atoms with Gasteiger partial charge < -0.3 is 19.9 Å². The van der Waals surface area contributed by atoms with Crippen molar-refractivity contribution in [3.8, 4) is 0 Å². The number of hydrogen-bond donors (Lipinski definition) is 1. The lowest BCUT2D eigenvalue weighted by molar-refractivity contribution is 0.105. The van der Waals surface area contributed by atoms with Crippen molar-refractivity contribution in [1.29, 1.82) is 0 Å². The van der Waals surface area contributed by atoms with Crippen LogP contribution in [0.25, 0.3) is 11.0 Å². The molecule has 29 heavy (non-hydrogen) atoms. The van der Waals surface area contributed by atoms with Gasteiger partial charge in [-0.05, 0) is 25.1 Å². The number of halogens is 1. The van der Waals surface area contributed by atoms with E-state index in [4.69, 9.17) is 26.3 Å². The van der Waals surface area contributed by atoms with Gasteiger partial charge in [-0.3, -0.25) is 4.68 Å². The Bertz CT molecular complexity index is 1030. The molecule has 0 spiro atoms. The first kappa shape index (κ1) is 19.3. The maximum Gasteiger partial charge on any atom is 0.409 e. The van der Waals surface area contributed by atoms with Crippen LogP contribution in [0.3, 0.4) is 0 Å². The second kappa shape index (κ2) is 8.12. The Kier molecular flexibility index (Phi) is 5.39. The Balaban J connectivity index is 1.60. The number of carbonyl (C=O) groups is 1. The van der Waals surface area contributed by atoms with Crippen LogP contribution < -0.4 is 10.2 Å². The molecule has 1 aliphatic heterocycles. The largest absolute Gasteiger partial charge is 0.450 e. The third-order valence-electron chi connectivity index (χ3n) is 4.76. The summed E-state index contributed by atoms with van der Waals surface area (Å²) < 4.78 is 6.81. The Labute approximate surface area is 173 Å². The third kappa shape index (κ3) is 4.04. The van der Waals surface area contributed by atoms with E-state index in [-0.39, 0.29) is 6.09 Å². The Morgan fingerprint density at radius 1 is 1.24 bits per heavy atom. The number of amides is 1. The summed E-state index contributed by atoms with van der Waals surface area (Å²) >= 11 is 6.11. The van der Waals surface area contributed by atoms with Crippen molar-refractivity contribution >= 4 is 46.2 Å². The standard InChI is InChI=1S/C19H22ClN7O2/c1-3-29-19(28)27-9-7-26(8-10-27)18-23-16(15-12-21-25(2)17(15)24-18)22-14-6-4-5-13(20)11-14/h4-6,11-12H,3,7-10H2,1-2H3,(H,22,23,24). The molecule has 0 atom stereocenters. The number of piperazine rings is 1. The van der Waals surface area contributed by atoms with Crippen LogP contribution in [-0.2, 0) is 11.8 Å². The highest BCUT2D eigenvalue weighted by atomic mass is 35.5. The molecule has 10 heteroatoms. The number of nitrogens with one attached hydrogen (secondary N) is 1. The second-order valence-electron chi connectivity index (χ2n) is 6.69. The zero-order valence-electron chi connectivity index (χ0n) is 16.3. The van der Waals surface area contributed by atoms with E-state index in [1.165, 1.54) is 0 Å². The summed E-state index contributed by atoms with van der Waals surface area (Å²) in [5.41, 5.74) is 1.56. The van der Waals surface area contributed by atoms with E-state index < -0.39 is 0 Å². The summed E-state index contributed by atoms with van der Waals surface area (Å²) in [4.78, 5) is 25.1. The SMILES string of the molecule is CCOC(=O)N1CCN(c2nc(Nc3cccc(Cl)c3)c3cnn(C)c3n2)CC1. The van der Waals surface area contributed by atoms with Gasteiger partial charge in [-0.1, -0.05) is 17.7 Å². The van der Waals surface area contributed by atoms with Gasteiger partial charge in [-0.25, -0.2) is 4.79 Å². The first-order chi connectivity index (χ1) is 14.0. The van der Waals surface area contributed by atoms with Crippen molar-refractivity contribution < 1.29 is 9.53 Å². The molecule has 0 bridgehead atoms. The topological polar surface area (TPSA) is 88.4 Å². The summed E-state index contributed by atoms with van der Waals surface area (Å²) in [5.74, 6) is 1.25. The molecule has 4 rings (SSSR count). The van der Waals surface area contributed by atoms with Crippen molar-refractivity contribution in [3.05, 3.63) is 35.5 Å². The Morgan fingerprint density at radius 3 is 2.76 bits per heavy atom. The summed E-state index contributed by atoms with van der Waals surface area (Å²) in [7, 11) is 1.85. The van der Waals surface area contributed by atoms with Crippen molar-refractivity contribution in [2.45, 2.75) is 6.92 Å². The van der Waals surface area contributed by atoms with Gasteiger partial charge in [0, 0.05) is 43.9 Å². The van der Waals surface area contributed by atoms with Crippen LogP contribution in [0.2, 0.25) is 5.02 Å². The molecule has 1 fully saturated rings. The van der Waals surface area contributed by atoms with E-state index in [9.17, 15) is 4.79 Å². The lowest BCUT2D eigenvalue weighted by atomic mass is 10.3. The molecular formula is C19H22ClN7O2. The van der Waals surface area contributed by atoms with Gasteiger partial charge in [0.05, 0.1) is 18.2 Å². The molecule has 0 radical (unpaired) electrons. The predicted octanol–water partition coefficient (Wildman–Crippen LogP) is 3.04. The smallest absolute Gasteiger partial charge is 0.409 e. The van der Waals surface area contributed by atoms with Gasteiger partial charge in [-0.2, -0.15) is 15.1 Å². The second-order valence-corrected chi connectivity index (χ2v) is 7.12. The molecule has 152 valence electrons. The molecule has 1 amide bonds. The molecular weight excluding hydrogens is 394 g/mol. The van der Waals surface area contributed by atoms with E-state index in [1.54, 1.807) is 22.7 Å². The molecule has 3 heterocycles. The molecule has 0 saturated carbocycles. The van der Waals surface area contributed by atoms with Crippen molar-refractivity contribution in [3.63, 3.8) is 0 Å². The fourth-order valence-electron chi connectivity index (χ4n) is 3.25. The zero-order valence-corrected chi connectivity index (χ0v) is 17.1. The first-order valence-electron chi connectivity index (χ1n) is 9.44. The summed E-state index contributed by atoms with van der Waals surface area (Å²) in [6, 6.07) is 7.46. The average Bonchev–Trinajstić information content (AvgIpc) is 3.09. The summed E-state index contributed by atoms with van der Waals surface area (Å²) in [6.07, 6.45) is 1.46. The number of aryl methyl sites for hydroxylation is 1. The average molecular weight is 416 g/mol. The number of hydrogen-bond acceptors (Lipinski definition) is 7. The van der Waals surface area contributed by atoms with Crippen LogP contribution in [0.5, 0.6) is 0 Å². The fourth-order valence-corrected chi connectivity index (χ4v) is 3.44. The van der Waals surface area contributed by atoms with Crippen LogP contribution in [-0.4, -0.2) is 63.5 Å². The Morgan fingerprint density at radius 2 is 2.03 bits per heavy atom. The number of rotatable bonds is 4. The molecule has 3 aromatic rings. The summed E-state index contributed by atoms with van der Waals surface area (Å²) in [6.45, 7) is 4.54. The van der Waals surface area contributed by atoms with Gasteiger partial charge in [0.1, 0.15) is 5.82 Å². The van der Waals surface area contributed by atoms with Crippen LogP contribution in [0, 0.1) is 0 Å². The van der Waals surface area contributed by atoms with Gasteiger partial charge in [0.25, 0.3) is 0 Å². The van der Waals surface area contributed by atoms with Crippen LogP contribution in [0.15, 0.2) is 30.5 Å². The van der Waals surface area contributed by atoms with E-state index in [2.05, 4.69) is 15.3 Å². The minimum absolute atomic E-state index is 0.279. The predicted molar refractivity (Wildman–Crippen MR) is 112 cm³/mol. The van der Waals surface area contributed by atoms with Crippen molar-refractivity contribution in [2.75, 3.05) is 43.0 Å². The van der Waals surface area contributed by atoms with E-state index in [0.717, 1.165) is 16.7 Å².